The van der Waals surface area contributed by atoms with Crippen molar-refractivity contribution in [1.29, 1.82) is 0 Å². The van der Waals surface area contributed by atoms with E-state index in [1.165, 1.54) is 24.2 Å². The first-order chi connectivity index (χ1) is 13.5. The maximum Gasteiger partial charge on any atom is 0.191 e. The first-order valence-electron chi connectivity index (χ1n) is 10.5. The number of ether oxygens (including phenoxy) is 1. The second kappa shape index (κ2) is 11.8. The molecule has 3 rings (SSSR count). The topological polar surface area (TPSA) is 57.7 Å². The van der Waals surface area contributed by atoms with E-state index >= 15 is 0 Å². The molecule has 2 aliphatic heterocycles. The van der Waals surface area contributed by atoms with Crippen molar-refractivity contribution in [2.24, 2.45) is 4.99 Å². The van der Waals surface area contributed by atoms with E-state index in [0.717, 1.165) is 45.1 Å². The third kappa shape index (κ3) is 7.29. The molecule has 0 amide bonds. The lowest BCUT2D eigenvalue weighted by Crippen LogP contribution is -2.58. The molecule has 5 nitrogen and oxygen atoms in total. The number of rotatable bonds is 7. The van der Waals surface area contributed by atoms with E-state index in [-0.39, 0.29) is 29.5 Å². The van der Waals surface area contributed by atoms with Gasteiger partial charge in [0.2, 0.25) is 0 Å². The molecule has 2 aliphatic rings. The SMILES string of the molecule is CN=C(NCC1(NC(C)c2ccccc2)CCOCC1)NCC1(C)CCCS1.I. The molecule has 0 radical (unpaired) electrons. The zero-order chi connectivity index (χ0) is 19.9. The summed E-state index contributed by atoms with van der Waals surface area (Å²) >= 11 is 2.07. The van der Waals surface area contributed by atoms with Crippen molar-refractivity contribution in [2.45, 2.75) is 55.9 Å². The fourth-order valence-corrected chi connectivity index (χ4v) is 5.38. The van der Waals surface area contributed by atoms with Gasteiger partial charge in [0.25, 0.3) is 0 Å². The highest BCUT2D eigenvalue weighted by Gasteiger charge is 2.34. The van der Waals surface area contributed by atoms with Gasteiger partial charge in [0.1, 0.15) is 0 Å². The number of nitrogens with zero attached hydrogens (tertiary/aromatic N) is 1. The molecule has 1 aromatic rings. The van der Waals surface area contributed by atoms with E-state index in [9.17, 15) is 0 Å². The molecular formula is C22H37IN4OS. The average Bonchev–Trinajstić information content (AvgIpc) is 3.16. The maximum absolute atomic E-state index is 5.66. The van der Waals surface area contributed by atoms with E-state index in [1.807, 2.05) is 7.05 Å². The van der Waals surface area contributed by atoms with Crippen LogP contribution in [0.25, 0.3) is 0 Å². The Labute approximate surface area is 197 Å². The molecule has 2 saturated heterocycles. The van der Waals surface area contributed by atoms with E-state index in [1.54, 1.807) is 0 Å². The molecule has 29 heavy (non-hydrogen) atoms. The summed E-state index contributed by atoms with van der Waals surface area (Å²) in [6.45, 7) is 8.01. The highest BCUT2D eigenvalue weighted by atomic mass is 127. The van der Waals surface area contributed by atoms with Crippen molar-refractivity contribution in [3.63, 3.8) is 0 Å². The smallest absolute Gasteiger partial charge is 0.191 e. The van der Waals surface area contributed by atoms with Crippen LogP contribution in [0.4, 0.5) is 0 Å². The lowest BCUT2D eigenvalue weighted by molar-refractivity contribution is 0.0355. The summed E-state index contributed by atoms with van der Waals surface area (Å²) in [7, 11) is 1.86. The molecule has 1 aromatic carbocycles. The zero-order valence-electron chi connectivity index (χ0n) is 18.0. The summed E-state index contributed by atoms with van der Waals surface area (Å²) in [5.74, 6) is 2.17. The first kappa shape index (κ1) is 24.8. The summed E-state index contributed by atoms with van der Waals surface area (Å²) in [6.07, 6.45) is 4.60. The second-order valence-electron chi connectivity index (χ2n) is 8.35. The van der Waals surface area contributed by atoms with Crippen LogP contribution < -0.4 is 16.0 Å². The van der Waals surface area contributed by atoms with Crippen LogP contribution in [0, 0.1) is 0 Å². The summed E-state index contributed by atoms with van der Waals surface area (Å²) in [5, 5.41) is 11.0. The predicted octanol–water partition coefficient (Wildman–Crippen LogP) is 3.96. The van der Waals surface area contributed by atoms with Crippen LogP contribution in [0.15, 0.2) is 35.3 Å². The standard InChI is InChI=1S/C22H36N4OS.HI/c1-18(19-8-5-4-6-9-19)26-22(11-13-27-14-12-22)17-25-20(23-3)24-16-21(2)10-7-15-28-21;/h4-6,8-9,18,26H,7,10-17H2,1-3H3,(H2,23,24,25);1H. The summed E-state index contributed by atoms with van der Waals surface area (Å²) < 4.78 is 5.98. The van der Waals surface area contributed by atoms with Crippen molar-refractivity contribution >= 4 is 41.7 Å². The fourth-order valence-electron chi connectivity index (χ4n) is 4.14. The van der Waals surface area contributed by atoms with Gasteiger partial charge in [-0.15, -0.1) is 24.0 Å². The Bertz CT molecular complexity index is 631. The minimum atomic E-state index is 0. The molecule has 0 bridgehead atoms. The van der Waals surface area contributed by atoms with Crippen molar-refractivity contribution in [3.8, 4) is 0 Å². The van der Waals surface area contributed by atoms with Gasteiger partial charge in [0, 0.05) is 49.7 Å². The van der Waals surface area contributed by atoms with Gasteiger partial charge in [-0.05, 0) is 50.8 Å². The quantitative estimate of drug-likeness (QED) is 0.282. The molecule has 0 aliphatic carbocycles. The number of halogens is 1. The third-order valence-electron chi connectivity index (χ3n) is 6.02. The molecule has 0 aromatic heterocycles. The molecule has 7 heteroatoms. The maximum atomic E-state index is 5.66. The zero-order valence-corrected chi connectivity index (χ0v) is 21.1. The largest absolute Gasteiger partial charge is 0.381 e. The Hall–Kier alpha value is -0.510. The third-order valence-corrected chi connectivity index (χ3v) is 7.56. The molecule has 2 atom stereocenters. The first-order valence-corrected chi connectivity index (χ1v) is 11.5. The predicted molar refractivity (Wildman–Crippen MR) is 136 cm³/mol. The summed E-state index contributed by atoms with van der Waals surface area (Å²) in [4.78, 5) is 4.46. The number of aliphatic imine (C=N–C) groups is 1. The molecular weight excluding hydrogens is 495 g/mol. The van der Waals surface area contributed by atoms with Crippen molar-refractivity contribution in [2.75, 3.05) is 39.1 Å². The van der Waals surface area contributed by atoms with Crippen LogP contribution in [0.2, 0.25) is 0 Å². The van der Waals surface area contributed by atoms with Crippen LogP contribution in [0.1, 0.15) is 51.1 Å². The Morgan fingerprint density at radius 3 is 2.45 bits per heavy atom. The van der Waals surface area contributed by atoms with E-state index in [2.05, 4.69) is 76.9 Å². The fraction of sp³-hybridized carbons (Fsp3) is 0.682. The van der Waals surface area contributed by atoms with Gasteiger partial charge in [-0.2, -0.15) is 11.8 Å². The van der Waals surface area contributed by atoms with Gasteiger partial charge in [0.15, 0.2) is 5.96 Å². The number of hydrogen-bond donors (Lipinski definition) is 3. The van der Waals surface area contributed by atoms with Crippen LogP contribution in [-0.4, -0.2) is 55.3 Å². The van der Waals surface area contributed by atoms with Gasteiger partial charge in [-0.1, -0.05) is 30.3 Å². The number of thioether (sulfide) groups is 1. The minimum absolute atomic E-state index is 0. The van der Waals surface area contributed by atoms with E-state index in [4.69, 9.17) is 4.74 Å². The van der Waals surface area contributed by atoms with Gasteiger partial charge in [0.05, 0.1) is 0 Å². The van der Waals surface area contributed by atoms with Crippen molar-refractivity contribution in [3.05, 3.63) is 35.9 Å². The molecule has 2 unspecified atom stereocenters. The van der Waals surface area contributed by atoms with Gasteiger partial charge in [-0.3, -0.25) is 4.99 Å². The van der Waals surface area contributed by atoms with Crippen molar-refractivity contribution in [1.82, 2.24) is 16.0 Å². The number of nitrogens with one attached hydrogen (secondary N) is 3. The highest BCUT2D eigenvalue weighted by molar-refractivity contribution is 14.0. The Balaban J connectivity index is 0.00000300. The lowest BCUT2D eigenvalue weighted by atomic mass is 9.88. The number of benzene rings is 1. The van der Waals surface area contributed by atoms with Gasteiger partial charge < -0.3 is 20.7 Å². The number of guanidine groups is 1. The van der Waals surface area contributed by atoms with E-state index in [0.29, 0.717) is 10.8 Å². The average molecular weight is 533 g/mol. The Morgan fingerprint density at radius 1 is 1.14 bits per heavy atom. The van der Waals surface area contributed by atoms with Gasteiger partial charge >= 0.3 is 0 Å². The van der Waals surface area contributed by atoms with Crippen LogP contribution in [0.3, 0.4) is 0 Å². The summed E-state index contributed by atoms with van der Waals surface area (Å²) in [5.41, 5.74) is 1.33. The monoisotopic (exact) mass is 532 g/mol. The Morgan fingerprint density at radius 2 is 1.83 bits per heavy atom. The van der Waals surface area contributed by atoms with Crippen molar-refractivity contribution < 1.29 is 4.74 Å². The van der Waals surface area contributed by atoms with Crippen LogP contribution in [-0.2, 0) is 4.74 Å². The number of hydrogen-bond acceptors (Lipinski definition) is 4. The molecule has 164 valence electrons. The molecule has 0 spiro atoms. The lowest BCUT2D eigenvalue weighted by Gasteiger charge is -2.41. The van der Waals surface area contributed by atoms with Crippen LogP contribution in [0.5, 0.6) is 0 Å². The van der Waals surface area contributed by atoms with Gasteiger partial charge in [-0.25, -0.2) is 0 Å². The highest BCUT2D eigenvalue weighted by Crippen LogP contribution is 2.36. The summed E-state index contributed by atoms with van der Waals surface area (Å²) in [6, 6.07) is 11.0. The molecule has 3 N–H and O–H groups in total. The molecule has 0 saturated carbocycles. The normalized spacial score (nSPS) is 25.1. The van der Waals surface area contributed by atoms with Crippen LogP contribution >= 0.6 is 35.7 Å². The minimum Gasteiger partial charge on any atom is -0.381 e. The molecule has 2 fully saturated rings. The molecule has 2 heterocycles. The second-order valence-corrected chi connectivity index (χ2v) is 10.0. The Kier molecular flexibility index (Phi) is 10.0. The van der Waals surface area contributed by atoms with E-state index < -0.39 is 0 Å².